The molecule has 3 heterocycles. The lowest BCUT2D eigenvalue weighted by atomic mass is 10.2. The van der Waals surface area contributed by atoms with Crippen molar-refractivity contribution in [3.8, 4) is 23.0 Å². The van der Waals surface area contributed by atoms with Gasteiger partial charge in [-0.25, -0.2) is 15.0 Å². The molecule has 23 heavy (non-hydrogen) atoms. The molecule has 0 radical (unpaired) electrons. The number of nitrogens with one attached hydrogen (secondary N) is 2. The summed E-state index contributed by atoms with van der Waals surface area (Å²) in [6, 6.07) is 3.88. The third-order valence-corrected chi connectivity index (χ3v) is 3.63. The van der Waals surface area contributed by atoms with Gasteiger partial charge in [-0.2, -0.15) is 0 Å². The maximum absolute atomic E-state index is 11.9. The summed E-state index contributed by atoms with van der Waals surface area (Å²) >= 11 is 0. The molecule has 0 bridgehead atoms. The highest BCUT2D eigenvalue weighted by Gasteiger charge is 2.16. The molecule has 0 amide bonds. The van der Waals surface area contributed by atoms with Crippen molar-refractivity contribution in [2.75, 3.05) is 0 Å². The zero-order chi connectivity index (χ0) is 16.0. The first kappa shape index (κ1) is 13.3. The summed E-state index contributed by atoms with van der Waals surface area (Å²) < 4.78 is 1.88. The fourth-order valence-electron chi connectivity index (χ4n) is 2.55. The van der Waals surface area contributed by atoms with E-state index in [4.69, 9.17) is 0 Å². The third-order valence-electron chi connectivity index (χ3n) is 3.63. The number of imidazole rings is 2. The first-order valence-electron chi connectivity index (χ1n) is 6.89. The fourth-order valence-corrected chi connectivity index (χ4v) is 2.55. The summed E-state index contributed by atoms with van der Waals surface area (Å²) in [5, 5.41) is 9.84. The van der Waals surface area contributed by atoms with Gasteiger partial charge in [-0.3, -0.25) is 4.79 Å². The van der Waals surface area contributed by atoms with Gasteiger partial charge < -0.3 is 19.6 Å². The Hall–Kier alpha value is -3.42. The predicted molar refractivity (Wildman–Crippen MR) is 83.5 cm³/mol. The van der Waals surface area contributed by atoms with E-state index >= 15 is 0 Å². The van der Waals surface area contributed by atoms with Crippen LogP contribution in [0.15, 0.2) is 42.0 Å². The zero-order valence-corrected chi connectivity index (χ0v) is 12.1. The van der Waals surface area contributed by atoms with Gasteiger partial charge in [-0.15, -0.1) is 0 Å². The third kappa shape index (κ3) is 2.08. The molecule has 0 fully saturated rings. The lowest BCUT2D eigenvalue weighted by Crippen LogP contribution is -2.09. The Kier molecular flexibility index (Phi) is 2.77. The maximum atomic E-state index is 11.9. The predicted octanol–water partition coefficient (Wildman–Crippen LogP) is 1.51. The zero-order valence-electron chi connectivity index (χ0n) is 12.1. The van der Waals surface area contributed by atoms with Crippen LogP contribution in [-0.4, -0.2) is 34.6 Å². The minimum atomic E-state index is -0.455. The standard InChI is InChI=1S/C15H12N6O2/c1-8-4-9(21-3-2-16-7-21)5-10-12(8)20-13(19-10)11-14(22)17-6-18-15(11)23/h2-7H,1H3,(H,19,20)(H2,17,18,22,23). The Morgan fingerprint density at radius 3 is 2.91 bits per heavy atom. The molecule has 0 saturated carbocycles. The van der Waals surface area contributed by atoms with Crippen molar-refractivity contribution in [3.05, 3.63) is 53.1 Å². The molecule has 8 heteroatoms. The summed E-state index contributed by atoms with van der Waals surface area (Å²) in [6.45, 7) is 1.93. The molecule has 1 aromatic carbocycles. The smallest absolute Gasteiger partial charge is 0.265 e. The molecule has 3 N–H and O–H groups in total. The fraction of sp³-hybridized carbons (Fsp3) is 0.0667. The molecule has 4 aromatic rings. The number of aromatic hydroxyl groups is 1. The second-order valence-corrected chi connectivity index (χ2v) is 5.14. The summed E-state index contributed by atoms with van der Waals surface area (Å²) in [6.07, 6.45) is 6.39. The minimum Gasteiger partial charge on any atom is -0.493 e. The van der Waals surface area contributed by atoms with E-state index < -0.39 is 5.56 Å². The van der Waals surface area contributed by atoms with Crippen LogP contribution in [0.25, 0.3) is 28.1 Å². The largest absolute Gasteiger partial charge is 0.493 e. The second kappa shape index (κ2) is 4.80. The molecule has 114 valence electrons. The van der Waals surface area contributed by atoms with Crippen LogP contribution in [0.1, 0.15) is 5.56 Å². The highest BCUT2D eigenvalue weighted by Crippen LogP contribution is 2.26. The van der Waals surface area contributed by atoms with Gasteiger partial charge in [-0.1, -0.05) is 0 Å². The van der Waals surface area contributed by atoms with Crippen LogP contribution in [0.5, 0.6) is 5.88 Å². The van der Waals surface area contributed by atoms with E-state index in [0.717, 1.165) is 28.6 Å². The Bertz CT molecular complexity index is 1060. The maximum Gasteiger partial charge on any atom is 0.265 e. The molecular weight excluding hydrogens is 296 g/mol. The molecule has 0 atom stereocenters. The van der Waals surface area contributed by atoms with E-state index in [0.29, 0.717) is 0 Å². The van der Waals surface area contributed by atoms with Crippen LogP contribution in [0.3, 0.4) is 0 Å². The number of H-pyrrole nitrogens is 2. The van der Waals surface area contributed by atoms with Crippen molar-refractivity contribution < 1.29 is 5.11 Å². The Morgan fingerprint density at radius 1 is 1.30 bits per heavy atom. The van der Waals surface area contributed by atoms with Crippen molar-refractivity contribution in [2.24, 2.45) is 0 Å². The van der Waals surface area contributed by atoms with E-state index in [2.05, 4.69) is 24.9 Å². The number of benzene rings is 1. The summed E-state index contributed by atoms with van der Waals surface area (Å²) in [7, 11) is 0. The molecule has 0 aliphatic rings. The molecule has 0 aliphatic heterocycles. The number of hydrogen-bond acceptors (Lipinski definition) is 5. The molecule has 0 unspecified atom stereocenters. The van der Waals surface area contributed by atoms with Gasteiger partial charge in [0.15, 0.2) is 0 Å². The van der Waals surface area contributed by atoms with Gasteiger partial charge in [0.05, 0.1) is 23.7 Å². The number of hydrogen-bond donors (Lipinski definition) is 3. The van der Waals surface area contributed by atoms with E-state index in [9.17, 15) is 9.90 Å². The average molecular weight is 308 g/mol. The van der Waals surface area contributed by atoms with Crippen molar-refractivity contribution >= 4 is 11.0 Å². The normalized spacial score (nSPS) is 11.2. The van der Waals surface area contributed by atoms with Gasteiger partial charge in [0, 0.05) is 18.1 Å². The number of aromatic nitrogens is 6. The lowest BCUT2D eigenvalue weighted by Gasteiger charge is -2.03. The number of aromatic amines is 2. The van der Waals surface area contributed by atoms with Crippen LogP contribution >= 0.6 is 0 Å². The van der Waals surface area contributed by atoms with E-state index in [-0.39, 0.29) is 17.3 Å². The Balaban J connectivity index is 1.95. The molecule has 3 aromatic heterocycles. The topological polar surface area (TPSA) is 112 Å². The van der Waals surface area contributed by atoms with Crippen LogP contribution < -0.4 is 5.56 Å². The van der Waals surface area contributed by atoms with Crippen molar-refractivity contribution in [2.45, 2.75) is 6.92 Å². The molecule has 0 saturated heterocycles. The number of aryl methyl sites for hydroxylation is 1. The molecule has 0 aliphatic carbocycles. The monoisotopic (exact) mass is 308 g/mol. The van der Waals surface area contributed by atoms with Crippen LogP contribution in [0.4, 0.5) is 0 Å². The molecule has 0 spiro atoms. The first-order chi connectivity index (χ1) is 11.1. The molecular formula is C15H12N6O2. The van der Waals surface area contributed by atoms with Gasteiger partial charge in [0.25, 0.3) is 5.56 Å². The quantitative estimate of drug-likeness (QED) is 0.519. The van der Waals surface area contributed by atoms with Crippen LogP contribution in [-0.2, 0) is 0 Å². The van der Waals surface area contributed by atoms with Gasteiger partial charge in [-0.05, 0) is 24.6 Å². The number of nitrogens with zero attached hydrogens (tertiary/aromatic N) is 4. The van der Waals surface area contributed by atoms with Crippen molar-refractivity contribution in [1.82, 2.24) is 29.5 Å². The van der Waals surface area contributed by atoms with Gasteiger partial charge >= 0.3 is 0 Å². The average Bonchev–Trinajstić information content (AvgIpc) is 3.16. The molecule has 8 nitrogen and oxygen atoms in total. The number of fused-ring (bicyclic) bond motifs is 1. The highest BCUT2D eigenvalue weighted by atomic mass is 16.3. The minimum absolute atomic E-state index is 0.0206. The Labute approximate surface area is 129 Å². The van der Waals surface area contributed by atoms with E-state index in [1.807, 2.05) is 29.8 Å². The SMILES string of the molecule is Cc1cc(-n2ccnc2)cc2[nH]c(-c3c(O)nc[nH]c3=O)nc12. The number of rotatable bonds is 2. The lowest BCUT2D eigenvalue weighted by molar-refractivity contribution is 0.453. The summed E-state index contributed by atoms with van der Waals surface area (Å²) in [5.41, 5.74) is 2.91. The first-order valence-corrected chi connectivity index (χ1v) is 6.89. The summed E-state index contributed by atoms with van der Waals surface area (Å²) in [5.74, 6) is -0.0852. The highest BCUT2D eigenvalue weighted by molar-refractivity contribution is 5.84. The van der Waals surface area contributed by atoms with Crippen molar-refractivity contribution in [3.63, 3.8) is 0 Å². The van der Waals surface area contributed by atoms with Crippen LogP contribution in [0, 0.1) is 6.92 Å². The van der Waals surface area contributed by atoms with Crippen molar-refractivity contribution in [1.29, 1.82) is 0 Å². The molecule has 4 rings (SSSR count). The Morgan fingerprint density at radius 2 is 2.17 bits per heavy atom. The van der Waals surface area contributed by atoms with Crippen LogP contribution in [0.2, 0.25) is 0 Å². The van der Waals surface area contributed by atoms with Gasteiger partial charge in [0.1, 0.15) is 11.4 Å². The van der Waals surface area contributed by atoms with E-state index in [1.165, 1.54) is 0 Å². The van der Waals surface area contributed by atoms with E-state index in [1.54, 1.807) is 12.5 Å². The second-order valence-electron chi connectivity index (χ2n) is 5.14. The summed E-state index contributed by atoms with van der Waals surface area (Å²) in [4.78, 5) is 29.6. The van der Waals surface area contributed by atoms with Gasteiger partial charge in [0.2, 0.25) is 5.88 Å².